The molecule has 0 radical (unpaired) electrons. The van der Waals surface area contributed by atoms with E-state index in [9.17, 15) is 4.79 Å². The van der Waals surface area contributed by atoms with Gasteiger partial charge in [0.15, 0.2) is 26.0 Å². The van der Waals surface area contributed by atoms with Crippen LogP contribution in [0.25, 0.3) is 0 Å². The molecule has 0 amide bonds. The first-order chi connectivity index (χ1) is 8.89. The van der Waals surface area contributed by atoms with Gasteiger partial charge in [-0.05, 0) is 32.0 Å². The van der Waals surface area contributed by atoms with Crippen molar-refractivity contribution in [3.05, 3.63) is 12.7 Å². The highest BCUT2D eigenvalue weighted by atomic mass is 28.4. The lowest BCUT2D eigenvalue weighted by molar-refractivity contribution is -0.154. The van der Waals surface area contributed by atoms with Gasteiger partial charge in [-0.25, -0.2) is 0 Å². The zero-order chi connectivity index (χ0) is 15.8. The summed E-state index contributed by atoms with van der Waals surface area (Å²) in [7, 11) is -1.93. The Kier molecular flexibility index (Phi) is 5.02. The molecule has 1 fully saturated rings. The Labute approximate surface area is 123 Å². The van der Waals surface area contributed by atoms with Crippen LogP contribution in [-0.2, 0) is 18.7 Å². The highest BCUT2D eigenvalue weighted by Gasteiger charge is 2.44. The molecule has 0 unspecified atom stereocenters. The van der Waals surface area contributed by atoms with Gasteiger partial charge in [0.2, 0.25) is 0 Å². The molecule has 0 bridgehead atoms. The summed E-state index contributed by atoms with van der Waals surface area (Å²) in [5.74, 6) is -0.832. The molecule has 2 atom stereocenters. The van der Waals surface area contributed by atoms with Gasteiger partial charge in [-0.3, -0.25) is 4.79 Å². The van der Waals surface area contributed by atoms with Gasteiger partial charge in [-0.2, -0.15) is 0 Å². The first kappa shape index (κ1) is 17.6. The molecule has 0 N–H and O–H groups in total. The lowest BCUT2D eigenvalue weighted by Gasteiger charge is -2.36. The van der Waals surface area contributed by atoms with E-state index < -0.39 is 26.3 Å². The van der Waals surface area contributed by atoms with Crippen LogP contribution in [0.1, 0.15) is 34.6 Å². The molecular weight excluding hydrogens is 272 g/mol. The van der Waals surface area contributed by atoms with Crippen LogP contribution >= 0.6 is 0 Å². The van der Waals surface area contributed by atoms with E-state index in [1.807, 2.05) is 0 Å². The Hall–Kier alpha value is -0.493. The topological polar surface area (TPSA) is 44.8 Å². The number of carbonyl (C=O) groups is 1. The minimum Gasteiger partial charge on any atom is -0.409 e. The Morgan fingerprint density at radius 2 is 1.90 bits per heavy atom. The molecule has 0 aromatic carbocycles. The lowest BCUT2D eigenvalue weighted by Crippen LogP contribution is -2.44. The quantitative estimate of drug-likeness (QED) is 0.577. The van der Waals surface area contributed by atoms with Gasteiger partial charge in [-0.15, -0.1) is 6.58 Å². The molecule has 0 spiro atoms. The van der Waals surface area contributed by atoms with Crippen molar-refractivity contribution in [1.29, 1.82) is 0 Å². The van der Waals surface area contributed by atoms with Crippen LogP contribution in [0.4, 0.5) is 0 Å². The fourth-order valence-corrected chi connectivity index (χ4v) is 2.70. The summed E-state index contributed by atoms with van der Waals surface area (Å²) < 4.78 is 17.2. The zero-order valence-corrected chi connectivity index (χ0v) is 14.8. The summed E-state index contributed by atoms with van der Waals surface area (Å²) in [6.07, 6.45) is 0.594. The van der Waals surface area contributed by atoms with Crippen molar-refractivity contribution in [2.24, 2.45) is 0 Å². The van der Waals surface area contributed by atoms with E-state index >= 15 is 0 Å². The van der Waals surface area contributed by atoms with Crippen molar-refractivity contribution >= 4 is 14.1 Å². The molecule has 116 valence electrons. The van der Waals surface area contributed by atoms with Gasteiger partial charge < -0.3 is 13.9 Å². The Morgan fingerprint density at radius 1 is 1.35 bits per heavy atom. The summed E-state index contributed by atoms with van der Waals surface area (Å²) in [5, 5.41) is 0.0808. The van der Waals surface area contributed by atoms with Crippen LogP contribution < -0.4 is 0 Å². The Morgan fingerprint density at radius 3 is 2.35 bits per heavy atom. The van der Waals surface area contributed by atoms with Gasteiger partial charge in [0.05, 0.1) is 6.61 Å². The van der Waals surface area contributed by atoms with Crippen LogP contribution in [-0.4, -0.2) is 38.7 Å². The van der Waals surface area contributed by atoms with E-state index in [0.717, 1.165) is 0 Å². The van der Waals surface area contributed by atoms with Gasteiger partial charge in [0, 0.05) is 0 Å². The average molecular weight is 300 g/mol. The number of ketones is 1. The van der Waals surface area contributed by atoms with Crippen molar-refractivity contribution in [3.8, 4) is 0 Å². The second-order valence-corrected chi connectivity index (χ2v) is 12.1. The molecule has 0 saturated carbocycles. The van der Waals surface area contributed by atoms with Crippen molar-refractivity contribution < 1.29 is 18.7 Å². The van der Waals surface area contributed by atoms with E-state index in [2.05, 4.69) is 40.4 Å². The first-order valence-corrected chi connectivity index (χ1v) is 9.95. The maximum atomic E-state index is 12.3. The molecule has 1 aliphatic heterocycles. The smallest absolute Gasteiger partial charge is 0.192 e. The molecule has 5 heteroatoms. The first-order valence-electron chi connectivity index (χ1n) is 7.04. The summed E-state index contributed by atoms with van der Waals surface area (Å²) in [5.41, 5.74) is 0. The van der Waals surface area contributed by atoms with Crippen molar-refractivity contribution in [2.75, 3.05) is 6.61 Å². The third-order valence-electron chi connectivity index (χ3n) is 4.06. The van der Waals surface area contributed by atoms with Gasteiger partial charge in [0.1, 0.15) is 6.10 Å². The third-order valence-corrected chi connectivity index (χ3v) is 8.54. The number of ether oxygens (including phenoxy) is 2. The van der Waals surface area contributed by atoms with E-state index in [1.54, 1.807) is 19.9 Å². The molecule has 1 rings (SSSR count). The second kappa shape index (κ2) is 5.71. The van der Waals surface area contributed by atoms with Crippen LogP contribution in [0.15, 0.2) is 12.7 Å². The van der Waals surface area contributed by atoms with Crippen LogP contribution in [0, 0.1) is 0 Å². The molecule has 0 aliphatic carbocycles. The van der Waals surface area contributed by atoms with Crippen molar-refractivity contribution in [1.82, 2.24) is 0 Å². The molecular formula is C15H28O4Si. The number of carbonyl (C=O) groups excluding carboxylic acids is 1. The summed E-state index contributed by atoms with van der Waals surface area (Å²) in [6.45, 7) is 18.1. The van der Waals surface area contributed by atoms with Gasteiger partial charge in [0.25, 0.3) is 0 Å². The molecule has 1 aliphatic rings. The molecule has 1 heterocycles. The van der Waals surface area contributed by atoms with E-state index in [-0.39, 0.29) is 17.4 Å². The predicted octanol–water partition coefficient (Wildman–Crippen LogP) is 3.28. The number of hydrogen-bond acceptors (Lipinski definition) is 4. The zero-order valence-electron chi connectivity index (χ0n) is 13.8. The maximum Gasteiger partial charge on any atom is 0.192 e. The SMILES string of the molecule is C=C[C@H]1OC(C)(C)O[C@H]1C(=O)CO[Si](C)(C)C(C)(C)C. The summed E-state index contributed by atoms with van der Waals surface area (Å²) in [4.78, 5) is 12.3. The molecule has 0 aromatic rings. The number of Topliss-reactive ketones (excluding diaryl/α,β-unsaturated/α-hetero) is 1. The van der Waals surface area contributed by atoms with Crippen molar-refractivity contribution in [3.63, 3.8) is 0 Å². The van der Waals surface area contributed by atoms with E-state index in [4.69, 9.17) is 13.9 Å². The van der Waals surface area contributed by atoms with Crippen LogP contribution in [0.5, 0.6) is 0 Å². The van der Waals surface area contributed by atoms with Crippen LogP contribution in [0.2, 0.25) is 18.1 Å². The predicted molar refractivity (Wildman–Crippen MR) is 82.2 cm³/mol. The molecule has 4 nitrogen and oxygen atoms in total. The van der Waals surface area contributed by atoms with Crippen LogP contribution in [0.3, 0.4) is 0 Å². The molecule has 20 heavy (non-hydrogen) atoms. The minimum absolute atomic E-state index is 0.0743. The third kappa shape index (κ3) is 4.01. The molecule has 0 aromatic heterocycles. The summed E-state index contributed by atoms with van der Waals surface area (Å²) >= 11 is 0. The summed E-state index contributed by atoms with van der Waals surface area (Å²) in [6, 6.07) is 0. The van der Waals surface area contributed by atoms with Gasteiger partial charge in [-0.1, -0.05) is 26.8 Å². The highest BCUT2D eigenvalue weighted by molar-refractivity contribution is 6.74. The Bertz CT molecular complexity index is 382. The minimum atomic E-state index is -1.93. The monoisotopic (exact) mass is 300 g/mol. The number of rotatable bonds is 5. The maximum absolute atomic E-state index is 12.3. The van der Waals surface area contributed by atoms with E-state index in [1.165, 1.54) is 0 Å². The number of hydrogen-bond donors (Lipinski definition) is 0. The van der Waals surface area contributed by atoms with Crippen molar-refractivity contribution in [2.45, 2.75) is 70.7 Å². The van der Waals surface area contributed by atoms with Gasteiger partial charge >= 0.3 is 0 Å². The fraction of sp³-hybridized carbons (Fsp3) is 0.800. The second-order valence-electron chi connectivity index (χ2n) is 7.27. The lowest BCUT2D eigenvalue weighted by atomic mass is 10.1. The normalized spacial score (nSPS) is 26.6. The standard InChI is InChI=1S/C15H28O4Si/c1-9-12-13(19-15(5,6)18-12)11(16)10-17-20(7,8)14(2,3)4/h9,12-13H,1,10H2,2-8H3/t12-,13+/m1/s1. The molecule has 1 saturated heterocycles. The fourth-order valence-electron chi connectivity index (χ4n) is 1.76. The average Bonchev–Trinajstić information content (AvgIpc) is 2.60. The Balaban J connectivity index is 2.66. The largest absolute Gasteiger partial charge is 0.409 e. The highest BCUT2D eigenvalue weighted by Crippen LogP contribution is 2.37. The van der Waals surface area contributed by atoms with E-state index in [0.29, 0.717) is 0 Å².